The molecular formula is C30H41N3O5. The van der Waals surface area contributed by atoms with Crippen LogP contribution in [0.5, 0.6) is 5.75 Å². The minimum Gasteiger partial charge on any atom is -0.497 e. The molecule has 2 bridgehead atoms. The molecule has 8 heteroatoms. The van der Waals surface area contributed by atoms with E-state index in [1.54, 1.807) is 12.0 Å². The molecule has 1 aromatic rings. The molecule has 1 spiro atoms. The molecule has 1 aliphatic carbocycles. The van der Waals surface area contributed by atoms with Crippen LogP contribution in [-0.4, -0.2) is 59.6 Å². The predicted octanol–water partition coefficient (Wildman–Crippen LogP) is 3.35. The van der Waals surface area contributed by atoms with Crippen molar-refractivity contribution in [3.8, 4) is 5.75 Å². The fourth-order valence-electron chi connectivity index (χ4n) is 6.84. The molecule has 3 heterocycles. The van der Waals surface area contributed by atoms with Gasteiger partial charge in [-0.3, -0.25) is 14.4 Å². The maximum atomic E-state index is 14.0. The average molecular weight is 524 g/mol. The first-order valence-electron chi connectivity index (χ1n) is 14.1. The molecule has 0 aromatic heterocycles. The summed E-state index contributed by atoms with van der Waals surface area (Å²) >= 11 is 0. The Hall–Kier alpha value is -2.87. The monoisotopic (exact) mass is 523 g/mol. The lowest BCUT2D eigenvalue weighted by molar-refractivity contribution is -0.145. The van der Waals surface area contributed by atoms with Gasteiger partial charge in [0.05, 0.1) is 24.5 Å². The average Bonchev–Trinajstić information content (AvgIpc) is 3.47. The van der Waals surface area contributed by atoms with Gasteiger partial charge in [-0.25, -0.2) is 0 Å². The molecule has 3 aliphatic heterocycles. The Balaban J connectivity index is 1.40. The zero-order valence-electron chi connectivity index (χ0n) is 23.0. The molecule has 2 N–H and O–H groups in total. The molecular weight excluding hydrogens is 482 g/mol. The minimum atomic E-state index is -1.14. The Morgan fingerprint density at radius 3 is 2.47 bits per heavy atom. The van der Waals surface area contributed by atoms with Crippen molar-refractivity contribution in [2.24, 2.45) is 17.8 Å². The number of carbonyl (C=O) groups excluding carboxylic acids is 3. The Kier molecular flexibility index (Phi) is 7.29. The molecule has 3 fully saturated rings. The van der Waals surface area contributed by atoms with Crippen molar-refractivity contribution in [2.75, 3.05) is 13.7 Å². The topological polar surface area (TPSA) is 97.0 Å². The third-order valence-corrected chi connectivity index (χ3v) is 8.85. The van der Waals surface area contributed by atoms with Crippen LogP contribution < -0.4 is 15.4 Å². The van der Waals surface area contributed by atoms with Gasteiger partial charge in [0.25, 0.3) is 0 Å². The van der Waals surface area contributed by atoms with Crippen molar-refractivity contribution in [2.45, 2.75) is 89.1 Å². The molecule has 38 heavy (non-hydrogen) atoms. The molecule has 2 saturated heterocycles. The highest BCUT2D eigenvalue weighted by Crippen LogP contribution is 2.59. The second-order valence-corrected chi connectivity index (χ2v) is 12.0. The van der Waals surface area contributed by atoms with Crippen LogP contribution in [-0.2, 0) is 25.7 Å². The second-order valence-electron chi connectivity index (χ2n) is 12.0. The Morgan fingerprint density at radius 2 is 1.82 bits per heavy atom. The molecule has 8 nitrogen and oxygen atoms in total. The number of fused-ring (bicyclic) bond motifs is 1. The minimum absolute atomic E-state index is 0.121. The van der Waals surface area contributed by atoms with Crippen LogP contribution in [0.3, 0.4) is 0 Å². The molecule has 4 aliphatic rings. The quantitative estimate of drug-likeness (QED) is 0.484. The molecule has 1 aromatic carbocycles. The summed E-state index contributed by atoms with van der Waals surface area (Å²) in [6.45, 7) is 6.86. The van der Waals surface area contributed by atoms with Gasteiger partial charge in [0.2, 0.25) is 17.7 Å². The van der Waals surface area contributed by atoms with Crippen LogP contribution >= 0.6 is 0 Å². The van der Waals surface area contributed by atoms with Gasteiger partial charge < -0.3 is 25.0 Å². The summed E-state index contributed by atoms with van der Waals surface area (Å²) in [5, 5.41) is 6.27. The summed E-state index contributed by atoms with van der Waals surface area (Å²) in [4.78, 5) is 43.2. The van der Waals surface area contributed by atoms with E-state index >= 15 is 0 Å². The van der Waals surface area contributed by atoms with Crippen molar-refractivity contribution in [1.82, 2.24) is 15.5 Å². The van der Waals surface area contributed by atoms with E-state index in [1.807, 2.05) is 43.3 Å². The summed E-state index contributed by atoms with van der Waals surface area (Å²) in [7, 11) is 1.61. The number of nitrogens with zero attached hydrogens (tertiary/aromatic N) is 1. The smallest absolute Gasteiger partial charge is 0.246 e. The lowest BCUT2D eigenvalue weighted by Crippen LogP contribution is -2.56. The molecule has 5 unspecified atom stereocenters. The summed E-state index contributed by atoms with van der Waals surface area (Å²) in [5.41, 5.74) is -1.15. The first-order chi connectivity index (χ1) is 18.2. The van der Waals surface area contributed by atoms with Crippen LogP contribution in [0.4, 0.5) is 0 Å². The van der Waals surface area contributed by atoms with Crippen molar-refractivity contribution < 1.29 is 23.9 Å². The number of carbonyl (C=O) groups is 3. The number of likely N-dealkylation sites (tertiary alicyclic amines) is 1. The number of methoxy groups -OCH3 is 1. The predicted molar refractivity (Wildman–Crippen MR) is 143 cm³/mol. The molecule has 5 rings (SSSR count). The number of hydrogen-bond acceptors (Lipinski definition) is 5. The summed E-state index contributed by atoms with van der Waals surface area (Å²) in [6, 6.07) is 6.85. The molecule has 3 amide bonds. The number of rotatable bonds is 9. The van der Waals surface area contributed by atoms with Crippen molar-refractivity contribution in [1.29, 1.82) is 0 Å². The van der Waals surface area contributed by atoms with Gasteiger partial charge >= 0.3 is 0 Å². The van der Waals surface area contributed by atoms with E-state index in [9.17, 15) is 14.4 Å². The number of ether oxygens (including phenoxy) is 2. The Labute approximate surface area is 225 Å². The van der Waals surface area contributed by atoms with Crippen LogP contribution in [0.15, 0.2) is 36.4 Å². The number of benzene rings is 1. The zero-order valence-corrected chi connectivity index (χ0v) is 23.0. The second kappa shape index (κ2) is 10.4. The fraction of sp³-hybridized carbons (Fsp3) is 0.633. The maximum absolute atomic E-state index is 14.0. The van der Waals surface area contributed by atoms with E-state index in [2.05, 4.69) is 24.5 Å². The van der Waals surface area contributed by atoms with Gasteiger partial charge in [0.15, 0.2) is 0 Å². The van der Waals surface area contributed by atoms with E-state index in [0.29, 0.717) is 19.0 Å². The standard InChI is InChI=1S/C30H41N3O5/c1-19(2)14-17-33-25(27(35)32-21-8-6-5-7-9-21)30-16-15-29(3,38-30)23(24(30)28(33)36)26(34)31-18-20-10-12-22(37-4)13-11-20/h10-13,15-16,19,21,23-25H,5-9,14,17-18H2,1-4H3,(H,31,34)(H,32,35). The number of nitrogens with one attached hydrogen (secondary N) is 2. The van der Waals surface area contributed by atoms with Crippen LogP contribution in [0.1, 0.15) is 64.9 Å². The lowest BCUT2D eigenvalue weighted by atomic mass is 9.70. The van der Waals surface area contributed by atoms with Gasteiger partial charge in [0.1, 0.15) is 17.4 Å². The Morgan fingerprint density at radius 1 is 1.11 bits per heavy atom. The van der Waals surface area contributed by atoms with Crippen LogP contribution in [0.2, 0.25) is 0 Å². The van der Waals surface area contributed by atoms with Gasteiger partial charge in [-0.2, -0.15) is 0 Å². The van der Waals surface area contributed by atoms with E-state index in [0.717, 1.165) is 43.4 Å². The van der Waals surface area contributed by atoms with Gasteiger partial charge in [-0.1, -0.05) is 57.4 Å². The maximum Gasteiger partial charge on any atom is 0.246 e. The van der Waals surface area contributed by atoms with Crippen molar-refractivity contribution >= 4 is 17.7 Å². The molecule has 1 saturated carbocycles. The zero-order chi connectivity index (χ0) is 27.1. The van der Waals surface area contributed by atoms with Crippen molar-refractivity contribution in [3.05, 3.63) is 42.0 Å². The Bertz CT molecular complexity index is 1100. The van der Waals surface area contributed by atoms with Gasteiger partial charge in [0, 0.05) is 19.1 Å². The third-order valence-electron chi connectivity index (χ3n) is 8.85. The summed E-state index contributed by atoms with van der Waals surface area (Å²) in [5.74, 6) is -0.884. The van der Waals surface area contributed by atoms with Crippen molar-refractivity contribution in [3.63, 3.8) is 0 Å². The number of amides is 3. The lowest BCUT2D eigenvalue weighted by Gasteiger charge is -2.35. The first-order valence-corrected chi connectivity index (χ1v) is 14.1. The number of hydrogen-bond donors (Lipinski definition) is 2. The van der Waals surface area contributed by atoms with Gasteiger partial charge in [-0.15, -0.1) is 0 Å². The fourth-order valence-corrected chi connectivity index (χ4v) is 6.84. The van der Waals surface area contributed by atoms with E-state index in [4.69, 9.17) is 9.47 Å². The first kappa shape index (κ1) is 26.7. The third kappa shape index (κ3) is 4.61. The van der Waals surface area contributed by atoms with Gasteiger partial charge in [-0.05, 0) is 49.8 Å². The van der Waals surface area contributed by atoms with E-state index in [1.165, 1.54) is 6.42 Å². The highest BCUT2D eigenvalue weighted by atomic mass is 16.5. The molecule has 206 valence electrons. The largest absolute Gasteiger partial charge is 0.497 e. The molecule has 0 radical (unpaired) electrons. The highest BCUT2D eigenvalue weighted by Gasteiger charge is 2.76. The van der Waals surface area contributed by atoms with Crippen LogP contribution in [0, 0.1) is 17.8 Å². The highest BCUT2D eigenvalue weighted by molar-refractivity contribution is 6.00. The van der Waals surface area contributed by atoms with E-state index in [-0.39, 0.29) is 23.8 Å². The summed E-state index contributed by atoms with van der Waals surface area (Å²) in [6.07, 6.45) is 9.87. The summed E-state index contributed by atoms with van der Waals surface area (Å²) < 4.78 is 11.8. The SMILES string of the molecule is COc1ccc(CNC(=O)C2C3C(=O)N(CCC(C)C)C(C(=O)NC4CCCCC4)C34C=CC2(C)O4)cc1. The van der Waals surface area contributed by atoms with Crippen LogP contribution in [0.25, 0.3) is 0 Å². The normalized spacial score (nSPS) is 32.1. The van der Waals surface area contributed by atoms with E-state index < -0.39 is 29.1 Å². The molecule has 5 atom stereocenters.